The predicted molar refractivity (Wildman–Crippen MR) is 124 cm³/mol. The van der Waals surface area contributed by atoms with Gasteiger partial charge in [0.05, 0.1) is 30.4 Å². The van der Waals surface area contributed by atoms with Crippen LogP contribution >= 0.6 is 0 Å². The normalized spacial score (nSPS) is 18.8. The third-order valence-corrected chi connectivity index (χ3v) is 7.21. The molecule has 5 rings (SSSR count). The Balaban J connectivity index is 1.31. The Hall–Kier alpha value is -3.09. The van der Waals surface area contributed by atoms with E-state index in [2.05, 4.69) is 41.7 Å². The van der Waals surface area contributed by atoms with Crippen molar-refractivity contribution >= 4 is 22.7 Å². The second kappa shape index (κ2) is 9.09. The van der Waals surface area contributed by atoms with Crippen molar-refractivity contribution in [1.29, 1.82) is 0 Å². The number of fused-ring (bicyclic) bond motifs is 1. The molecule has 2 aliphatic heterocycles. The highest BCUT2D eigenvalue weighted by Gasteiger charge is 2.46. The van der Waals surface area contributed by atoms with Crippen LogP contribution in [-0.2, 0) is 12.7 Å². The SMILES string of the molecule is CCN1CN(c2ccc(C(F)(F)F)nc2)CC12CCN(c1cnc3c(C)nn(CC(F)F)c3n1)CC2. The Kier molecular flexibility index (Phi) is 6.21. The summed E-state index contributed by atoms with van der Waals surface area (Å²) in [7, 11) is 0. The average Bonchev–Trinajstić information content (AvgIpc) is 3.35. The van der Waals surface area contributed by atoms with E-state index in [0.29, 0.717) is 54.7 Å². The van der Waals surface area contributed by atoms with Crippen molar-refractivity contribution in [3.8, 4) is 0 Å². The van der Waals surface area contributed by atoms with E-state index in [-0.39, 0.29) is 5.54 Å². The number of aromatic nitrogens is 5. The Morgan fingerprint density at radius 2 is 1.81 bits per heavy atom. The summed E-state index contributed by atoms with van der Waals surface area (Å²) in [5, 5.41) is 4.16. The minimum absolute atomic E-state index is 0.125. The second-order valence-electron chi connectivity index (χ2n) is 9.37. The smallest absolute Gasteiger partial charge is 0.355 e. The summed E-state index contributed by atoms with van der Waals surface area (Å²) >= 11 is 0. The van der Waals surface area contributed by atoms with Gasteiger partial charge in [0, 0.05) is 25.2 Å². The lowest BCUT2D eigenvalue weighted by Gasteiger charge is -2.44. The maximum atomic E-state index is 13.0. The molecule has 0 saturated carbocycles. The van der Waals surface area contributed by atoms with Gasteiger partial charge in [-0.25, -0.2) is 28.4 Å². The maximum absolute atomic E-state index is 13.0. The number of pyridine rings is 1. The summed E-state index contributed by atoms with van der Waals surface area (Å²) in [6.45, 7) is 6.76. The van der Waals surface area contributed by atoms with E-state index < -0.39 is 24.8 Å². The first kappa shape index (κ1) is 24.6. The van der Waals surface area contributed by atoms with E-state index in [1.54, 1.807) is 13.1 Å². The van der Waals surface area contributed by atoms with Crippen LogP contribution in [0.5, 0.6) is 0 Å². The van der Waals surface area contributed by atoms with Gasteiger partial charge in [0.25, 0.3) is 6.43 Å². The number of likely N-dealkylation sites (N-methyl/N-ethyl adjacent to an activating group) is 1. The van der Waals surface area contributed by atoms with Crippen molar-refractivity contribution in [2.45, 2.75) is 51.4 Å². The Morgan fingerprint density at radius 1 is 1.06 bits per heavy atom. The van der Waals surface area contributed by atoms with E-state index in [1.165, 1.54) is 16.9 Å². The third-order valence-electron chi connectivity index (χ3n) is 7.21. The predicted octanol–water partition coefficient (Wildman–Crippen LogP) is 3.95. The quantitative estimate of drug-likeness (QED) is 0.482. The zero-order chi connectivity index (χ0) is 25.7. The largest absolute Gasteiger partial charge is 0.433 e. The molecule has 0 amide bonds. The van der Waals surface area contributed by atoms with Gasteiger partial charge < -0.3 is 9.80 Å². The van der Waals surface area contributed by atoms with Crippen LogP contribution in [0.3, 0.4) is 0 Å². The van der Waals surface area contributed by atoms with Gasteiger partial charge in [-0.05, 0) is 38.4 Å². The molecule has 0 N–H and O–H groups in total. The highest BCUT2D eigenvalue weighted by atomic mass is 19.4. The second-order valence-corrected chi connectivity index (χ2v) is 9.37. The van der Waals surface area contributed by atoms with Crippen LogP contribution in [0.15, 0.2) is 24.5 Å². The van der Waals surface area contributed by atoms with Gasteiger partial charge in [-0.3, -0.25) is 4.90 Å². The number of rotatable bonds is 5. The first-order valence-electron chi connectivity index (χ1n) is 11.9. The van der Waals surface area contributed by atoms with Crippen molar-refractivity contribution in [2.75, 3.05) is 42.6 Å². The molecule has 8 nitrogen and oxygen atoms in total. The van der Waals surface area contributed by atoms with Crippen molar-refractivity contribution in [2.24, 2.45) is 0 Å². The zero-order valence-electron chi connectivity index (χ0n) is 20.0. The number of hydrogen-bond acceptors (Lipinski definition) is 7. The minimum Gasteiger partial charge on any atom is -0.355 e. The topological polar surface area (TPSA) is 66.2 Å². The van der Waals surface area contributed by atoms with Crippen LogP contribution in [-0.4, -0.2) is 74.4 Å². The number of nitrogens with zero attached hydrogens (tertiary/aromatic N) is 8. The Morgan fingerprint density at radius 3 is 2.42 bits per heavy atom. The summed E-state index contributed by atoms with van der Waals surface area (Å²) in [4.78, 5) is 19.2. The van der Waals surface area contributed by atoms with Crippen LogP contribution < -0.4 is 9.80 Å². The summed E-state index contributed by atoms with van der Waals surface area (Å²) in [6.07, 6.45) is -2.41. The molecule has 1 spiro atoms. The zero-order valence-corrected chi connectivity index (χ0v) is 20.0. The van der Waals surface area contributed by atoms with E-state index in [4.69, 9.17) is 0 Å². The molecule has 0 radical (unpaired) electrons. The third kappa shape index (κ3) is 4.44. The molecule has 36 heavy (non-hydrogen) atoms. The average molecular weight is 511 g/mol. The fraction of sp³-hybridized carbons (Fsp3) is 0.565. The van der Waals surface area contributed by atoms with Crippen molar-refractivity contribution in [3.63, 3.8) is 0 Å². The van der Waals surface area contributed by atoms with Crippen molar-refractivity contribution in [3.05, 3.63) is 35.9 Å². The molecule has 0 aliphatic carbocycles. The Labute approximate surface area is 204 Å². The fourth-order valence-corrected chi connectivity index (χ4v) is 5.33. The molecule has 5 heterocycles. The number of piperidine rings is 1. The van der Waals surface area contributed by atoms with Gasteiger partial charge in [-0.1, -0.05) is 6.92 Å². The first-order chi connectivity index (χ1) is 17.1. The van der Waals surface area contributed by atoms with E-state index >= 15 is 0 Å². The summed E-state index contributed by atoms with van der Waals surface area (Å²) in [5.74, 6) is 0.623. The van der Waals surface area contributed by atoms with E-state index in [9.17, 15) is 22.0 Å². The molecule has 0 aromatic carbocycles. The number of anilines is 2. The molecule has 2 saturated heterocycles. The molecule has 194 valence electrons. The molecular weight excluding hydrogens is 483 g/mol. The van der Waals surface area contributed by atoms with Gasteiger partial charge in [0.1, 0.15) is 23.6 Å². The lowest BCUT2D eigenvalue weighted by atomic mass is 9.86. The van der Waals surface area contributed by atoms with Crippen LogP contribution in [0.25, 0.3) is 11.2 Å². The maximum Gasteiger partial charge on any atom is 0.433 e. The minimum atomic E-state index is -4.46. The highest BCUT2D eigenvalue weighted by molar-refractivity contribution is 5.74. The molecule has 3 aromatic heterocycles. The molecule has 3 aromatic rings. The van der Waals surface area contributed by atoms with E-state index in [0.717, 1.165) is 25.5 Å². The molecule has 2 fully saturated rings. The molecule has 13 heteroatoms. The first-order valence-corrected chi connectivity index (χ1v) is 11.9. The summed E-state index contributed by atoms with van der Waals surface area (Å²) in [6, 6.07) is 2.50. The molecule has 0 bridgehead atoms. The fourth-order valence-electron chi connectivity index (χ4n) is 5.33. The van der Waals surface area contributed by atoms with Crippen molar-refractivity contribution in [1.82, 2.24) is 29.6 Å². The standard InChI is InChI=1S/C23H27F5N8/c1-3-35-14-34(16-4-5-17(29-10-16)23(26,27)28)13-22(35)6-8-33(9-7-22)19-11-30-20-15(2)32-36(12-18(24)25)21(20)31-19/h4-5,10-11,18H,3,6-9,12-14H2,1-2H3. The van der Waals surface area contributed by atoms with Gasteiger partial charge in [0.15, 0.2) is 5.65 Å². The molecule has 0 unspecified atom stereocenters. The Bertz CT molecular complexity index is 1220. The molecule has 0 atom stereocenters. The monoisotopic (exact) mass is 510 g/mol. The lowest BCUT2D eigenvalue weighted by molar-refractivity contribution is -0.141. The van der Waals surface area contributed by atoms with Crippen LogP contribution in [0.2, 0.25) is 0 Å². The van der Waals surface area contributed by atoms with Gasteiger partial charge in [0.2, 0.25) is 0 Å². The van der Waals surface area contributed by atoms with Crippen LogP contribution in [0, 0.1) is 6.92 Å². The van der Waals surface area contributed by atoms with Crippen LogP contribution in [0.1, 0.15) is 31.2 Å². The number of hydrogen-bond donors (Lipinski definition) is 0. The van der Waals surface area contributed by atoms with Gasteiger partial charge in [-0.15, -0.1) is 0 Å². The number of alkyl halides is 5. The molecule has 2 aliphatic rings. The van der Waals surface area contributed by atoms with Gasteiger partial charge in [-0.2, -0.15) is 18.3 Å². The summed E-state index contributed by atoms with van der Waals surface area (Å²) in [5.41, 5.74) is 1.07. The lowest BCUT2D eigenvalue weighted by Crippen LogP contribution is -2.54. The molecular formula is C23H27F5N8. The van der Waals surface area contributed by atoms with E-state index in [1.807, 2.05) is 0 Å². The van der Waals surface area contributed by atoms with Gasteiger partial charge >= 0.3 is 6.18 Å². The summed E-state index contributed by atoms with van der Waals surface area (Å²) < 4.78 is 65.9. The van der Waals surface area contributed by atoms with Crippen LogP contribution in [0.4, 0.5) is 33.5 Å². The highest BCUT2D eigenvalue weighted by Crippen LogP contribution is 2.38. The number of halogens is 5. The number of aryl methyl sites for hydroxylation is 1. The van der Waals surface area contributed by atoms with Crippen molar-refractivity contribution < 1.29 is 22.0 Å².